The molecule has 230 valence electrons. The van der Waals surface area contributed by atoms with Crippen LogP contribution in [0.5, 0.6) is 0 Å². The molecule has 1 aliphatic rings. The van der Waals surface area contributed by atoms with Gasteiger partial charge in [-0.2, -0.15) is 0 Å². The molecule has 0 unspecified atom stereocenters. The molecule has 0 saturated carbocycles. The second-order valence-corrected chi connectivity index (χ2v) is 14.4. The Hall–Kier alpha value is -5.28. The number of hydrogen-bond acceptors (Lipinski definition) is 2. The molecule has 7 aromatic rings. The van der Waals surface area contributed by atoms with Gasteiger partial charge >= 0.3 is 0 Å². The van der Waals surface area contributed by atoms with Crippen LogP contribution in [0.4, 0.5) is 0 Å². The van der Waals surface area contributed by atoms with E-state index in [1.54, 1.807) is 0 Å². The second-order valence-electron chi connectivity index (χ2n) is 12.2. The van der Waals surface area contributed by atoms with Gasteiger partial charge < -0.3 is 0 Å². The minimum Gasteiger partial charge on any atom is -0.135 e. The first-order valence-corrected chi connectivity index (χ1v) is 17.9. The Morgan fingerprint density at radius 3 is 2.06 bits per heavy atom. The van der Waals surface area contributed by atoms with Gasteiger partial charge in [-0.1, -0.05) is 129 Å². The second kappa shape index (κ2) is 12.7. The van der Waals surface area contributed by atoms with Crippen LogP contribution >= 0.6 is 22.7 Å². The first-order valence-electron chi connectivity index (χ1n) is 16.3. The fraction of sp³-hybridized carbons (Fsp3) is 0.0435. The molecule has 0 amide bonds. The lowest BCUT2D eigenvalue weighted by Crippen LogP contribution is -2.29. The van der Waals surface area contributed by atoms with Crippen molar-refractivity contribution in [3.63, 3.8) is 0 Å². The molecule has 0 spiro atoms. The van der Waals surface area contributed by atoms with Gasteiger partial charge in [0, 0.05) is 35.3 Å². The predicted molar refractivity (Wildman–Crippen MR) is 214 cm³/mol. The minimum atomic E-state index is 0.942. The van der Waals surface area contributed by atoms with E-state index in [-0.39, 0.29) is 0 Å². The first-order chi connectivity index (χ1) is 23.5. The molecular formula is C46H34S2. The highest BCUT2D eigenvalue weighted by Gasteiger charge is 2.18. The van der Waals surface area contributed by atoms with Crippen molar-refractivity contribution in [1.82, 2.24) is 0 Å². The van der Waals surface area contributed by atoms with Crippen LogP contribution in [0.1, 0.15) is 18.4 Å². The maximum atomic E-state index is 4.89. The molecule has 48 heavy (non-hydrogen) atoms. The van der Waals surface area contributed by atoms with Crippen LogP contribution in [-0.4, -0.2) is 0 Å². The maximum absolute atomic E-state index is 4.89. The van der Waals surface area contributed by atoms with Gasteiger partial charge in [0.1, 0.15) is 0 Å². The van der Waals surface area contributed by atoms with Gasteiger partial charge in [0.2, 0.25) is 0 Å². The van der Waals surface area contributed by atoms with Crippen LogP contribution in [0.3, 0.4) is 0 Å². The van der Waals surface area contributed by atoms with Gasteiger partial charge in [-0.15, -0.1) is 22.7 Å². The van der Waals surface area contributed by atoms with Crippen LogP contribution in [0.15, 0.2) is 158 Å². The quantitative estimate of drug-likeness (QED) is 0.174. The zero-order valence-corrected chi connectivity index (χ0v) is 28.3. The molecule has 5 aromatic carbocycles. The number of benzene rings is 5. The molecule has 2 heterocycles. The standard InChI is InChI=1S/C46H34S2/c1-30-16-8-9-17-33(30)26-31(2)35-19-6-4-5-7-20-36(38-22-12-11-21-37(35)38)32(3)40-28-41-39-23-13-15-25-44(39)48-46(41)29-42(40)45-27-34-18-10-14-24-43(34)47-45/h6-29H,1-5H2/b19-6+,20-7+,33-26-,37-35+,38-36+. The van der Waals surface area contributed by atoms with E-state index in [0.29, 0.717) is 0 Å². The highest BCUT2D eigenvalue weighted by molar-refractivity contribution is 7.26. The summed E-state index contributed by atoms with van der Waals surface area (Å²) in [7, 11) is 0. The summed E-state index contributed by atoms with van der Waals surface area (Å²) in [5.74, 6) is 0. The van der Waals surface area contributed by atoms with E-state index < -0.39 is 0 Å². The monoisotopic (exact) mass is 650 g/mol. The van der Waals surface area contributed by atoms with Gasteiger partial charge in [0.25, 0.3) is 0 Å². The van der Waals surface area contributed by atoms with Crippen molar-refractivity contribution >= 4 is 82.3 Å². The summed E-state index contributed by atoms with van der Waals surface area (Å²) in [6, 6.07) is 41.5. The molecule has 2 heteroatoms. The summed E-state index contributed by atoms with van der Waals surface area (Å²) in [6.07, 6.45) is 13.1. The average molecular weight is 651 g/mol. The summed E-state index contributed by atoms with van der Waals surface area (Å²) < 4.78 is 3.89. The Kier molecular flexibility index (Phi) is 7.98. The van der Waals surface area contributed by atoms with Gasteiger partial charge in [-0.05, 0) is 103 Å². The molecule has 0 radical (unpaired) electrons. The average Bonchev–Trinajstić information content (AvgIpc) is 3.71. The third-order valence-electron chi connectivity index (χ3n) is 9.17. The Morgan fingerprint density at radius 1 is 0.604 bits per heavy atom. The summed E-state index contributed by atoms with van der Waals surface area (Å²) in [4.78, 5) is 1.26. The molecule has 2 aromatic heterocycles. The van der Waals surface area contributed by atoms with Crippen molar-refractivity contribution < 1.29 is 0 Å². The van der Waals surface area contributed by atoms with E-state index >= 15 is 0 Å². The lowest BCUT2D eigenvalue weighted by atomic mass is 9.89. The summed E-state index contributed by atoms with van der Waals surface area (Å²) in [5, 5.41) is 8.20. The van der Waals surface area contributed by atoms with E-state index in [1.165, 1.54) is 40.7 Å². The summed E-state index contributed by atoms with van der Waals surface area (Å²) in [6.45, 7) is 13.7. The largest absolute Gasteiger partial charge is 0.135 e. The molecule has 0 atom stereocenters. The van der Waals surface area contributed by atoms with E-state index in [1.807, 2.05) is 34.8 Å². The number of thiophene rings is 2. The van der Waals surface area contributed by atoms with Crippen molar-refractivity contribution in [3.05, 3.63) is 185 Å². The summed E-state index contributed by atoms with van der Waals surface area (Å²) >= 11 is 3.72. The van der Waals surface area contributed by atoms with E-state index in [0.717, 1.165) is 61.6 Å². The number of allylic oxidation sites excluding steroid dienone is 6. The van der Waals surface area contributed by atoms with Gasteiger partial charge in [0.05, 0.1) is 0 Å². The Labute approximate surface area is 289 Å². The Morgan fingerprint density at radius 2 is 1.27 bits per heavy atom. The number of rotatable bonds is 5. The van der Waals surface area contributed by atoms with Crippen LogP contribution < -0.4 is 20.9 Å². The SMILES string of the molecule is C=C(/C=c1/ccccc1=C)C1=c2\cccc\c2=C(C(=C)c2cc3c(cc2-c2cc4ccccc4s2)sc2ccccc23)\C=C\CC\C=C\1. The molecule has 0 nitrogen and oxygen atoms in total. The summed E-state index contributed by atoms with van der Waals surface area (Å²) in [5.41, 5.74) is 6.61. The molecule has 0 saturated heterocycles. The fourth-order valence-electron chi connectivity index (χ4n) is 6.70. The van der Waals surface area contributed by atoms with E-state index in [2.05, 4.69) is 147 Å². The van der Waals surface area contributed by atoms with Crippen molar-refractivity contribution in [3.8, 4) is 10.4 Å². The van der Waals surface area contributed by atoms with Crippen molar-refractivity contribution in [1.29, 1.82) is 0 Å². The minimum absolute atomic E-state index is 0.942. The van der Waals surface area contributed by atoms with Crippen molar-refractivity contribution in [2.24, 2.45) is 0 Å². The van der Waals surface area contributed by atoms with Crippen LogP contribution in [0, 0.1) is 0 Å². The zero-order chi connectivity index (χ0) is 32.6. The predicted octanol–water partition coefficient (Wildman–Crippen LogP) is 10.3. The normalized spacial score (nSPS) is 17.4. The number of hydrogen-bond donors (Lipinski definition) is 0. The van der Waals surface area contributed by atoms with Crippen LogP contribution in [-0.2, 0) is 0 Å². The molecule has 0 N–H and O–H groups in total. The molecule has 0 fully saturated rings. The van der Waals surface area contributed by atoms with E-state index in [9.17, 15) is 0 Å². The maximum Gasteiger partial charge on any atom is 0.0362 e. The molecule has 8 rings (SSSR count). The highest BCUT2D eigenvalue weighted by Crippen LogP contribution is 2.44. The highest BCUT2D eigenvalue weighted by atomic mass is 32.1. The van der Waals surface area contributed by atoms with Crippen molar-refractivity contribution in [2.45, 2.75) is 12.8 Å². The lowest BCUT2D eigenvalue weighted by Gasteiger charge is -2.15. The first kappa shape index (κ1) is 30.1. The Bertz CT molecular complexity index is 2690. The lowest BCUT2D eigenvalue weighted by molar-refractivity contribution is 1.05. The molecule has 0 aliphatic heterocycles. The topological polar surface area (TPSA) is 0 Å². The van der Waals surface area contributed by atoms with Gasteiger partial charge in [-0.3, -0.25) is 0 Å². The third kappa shape index (κ3) is 5.54. The Balaban J connectivity index is 1.42. The zero-order valence-electron chi connectivity index (χ0n) is 26.7. The molecule has 0 bridgehead atoms. The third-order valence-corrected chi connectivity index (χ3v) is 11.4. The van der Waals surface area contributed by atoms with Crippen LogP contribution in [0.25, 0.3) is 70.1 Å². The van der Waals surface area contributed by atoms with E-state index in [4.69, 9.17) is 6.58 Å². The van der Waals surface area contributed by atoms with Gasteiger partial charge in [0.15, 0.2) is 0 Å². The van der Waals surface area contributed by atoms with Gasteiger partial charge in [-0.25, -0.2) is 0 Å². The number of fused-ring (bicyclic) bond motifs is 5. The molecular weight excluding hydrogens is 617 g/mol. The fourth-order valence-corrected chi connectivity index (χ4v) is 8.92. The van der Waals surface area contributed by atoms with Crippen LogP contribution in [0.2, 0.25) is 0 Å². The molecule has 1 aliphatic carbocycles. The smallest absolute Gasteiger partial charge is 0.0362 e. The van der Waals surface area contributed by atoms with Crippen molar-refractivity contribution in [2.75, 3.05) is 0 Å².